The number of unbranched alkanes of at least 4 members (excludes halogenated alkanes) is 8. The SMILES string of the molecule is C[C@H](N(Cc1ccc(F)cc1)C(=O)CN1C(=O)OC2(CCc3cc(NC(=O)CCc4ccc(NC(=O)CCCCCCCCCCCc5ccccc5)cc4)ccc32)C1=O)C(F)(F)F. The zero-order valence-electron chi connectivity index (χ0n) is 36.2. The summed E-state index contributed by atoms with van der Waals surface area (Å²) in [7, 11) is 0. The zero-order valence-corrected chi connectivity index (χ0v) is 36.2. The summed E-state index contributed by atoms with van der Waals surface area (Å²) < 4.78 is 60.5. The Morgan fingerprint density at radius 3 is 1.97 bits per heavy atom. The highest BCUT2D eigenvalue weighted by atomic mass is 19.4. The molecule has 64 heavy (non-hydrogen) atoms. The number of nitrogens with zero attached hydrogens (tertiary/aromatic N) is 2. The van der Waals surface area contributed by atoms with E-state index in [1.165, 1.54) is 56.2 Å². The van der Waals surface area contributed by atoms with E-state index in [0.717, 1.165) is 50.3 Å². The van der Waals surface area contributed by atoms with Gasteiger partial charge in [0.2, 0.25) is 23.3 Å². The van der Waals surface area contributed by atoms with Crippen LogP contribution in [-0.4, -0.2) is 58.3 Å². The quantitative estimate of drug-likeness (QED) is 0.0598. The summed E-state index contributed by atoms with van der Waals surface area (Å²) in [5, 5.41) is 5.81. The summed E-state index contributed by atoms with van der Waals surface area (Å²) >= 11 is 0. The fourth-order valence-electron chi connectivity index (χ4n) is 8.32. The third-order valence-corrected chi connectivity index (χ3v) is 12.1. The molecule has 1 unspecified atom stereocenters. The fraction of sp³-hybridized carbons (Fsp3) is 0.420. The number of carbonyl (C=O) groups excluding carboxylic acids is 5. The maximum atomic E-state index is 13.8. The van der Waals surface area contributed by atoms with E-state index in [1.54, 1.807) is 18.2 Å². The van der Waals surface area contributed by atoms with E-state index in [9.17, 15) is 41.5 Å². The Morgan fingerprint density at radius 2 is 1.30 bits per heavy atom. The van der Waals surface area contributed by atoms with E-state index >= 15 is 0 Å². The average Bonchev–Trinajstić information content (AvgIpc) is 3.75. The van der Waals surface area contributed by atoms with Crippen molar-refractivity contribution in [1.82, 2.24) is 9.80 Å². The molecule has 340 valence electrons. The molecule has 1 aliphatic carbocycles. The monoisotopic (exact) mass is 884 g/mol. The first kappa shape index (κ1) is 47.4. The number of halogens is 4. The van der Waals surface area contributed by atoms with Crippen LogP contribution >= 0.6 is 0 Å². The van der Waals surface area contributed by atoms with Gasteiger partial charge >= 0.3 is 12.3 Å². The summed E-state index contributed by atoms with van der Waals surface area (Å²) in [6.07, 6.45) is 7.09. The summed E-state index contributed by atoms with van der Waals surface area (Å²) in [6.45, 7) is -0.737. The largest absolute Gasteiger partial charge is 0.427 e. The van der Waals surface area contributed by atoms with Gasteiger partial charge in [-0.25, -0.2) is 14.1 Å². The molecule has 2 atom stereocenters. The molecule has 6 rings (SSSR count). The first-order chi connectivity index (χ1) is 30.7. The van der Waals surface area contributed by atoms with E-state index in [4.69, 9.17) is 4.74 Å². The first-order valence-corrected chi connectivity index (χ1v) is 22.2. The number of nitrogens with one attached hydrogen (secondary N) is 2. The molecule has 1 spiro atoms. The molecule has 0 saturated carbocycles. The van der Waals surface area contributed by atoms with Gasteiger partial charge < -0.3 is 20.3 Å². The van der Waals surface area contributed by atoms with Gasteiger partial charge in [0.1, 0.15) is 18.4 Å². The van der Waals surface area contributed by atoms with Crippen LogP contribution < -0.4 is 10.6 Å². The Kier molecular flexibility index (Phi) is 16.3. The van der Waals surface area contributed by atoms with Crippen LogP contribution in [-0.2, 0) is 55.3 Å². The van der Waals surface area contributed by atoms with Crippen molar-refractivity contribution in [2.75, 3.05) is 17.2 Å². The van der Waals surface area contributed by atoms with E-state index in [1.807, 2.05) is 24.3 Å². The van der Waals surface area contributed by atoms with Crippen molar-refractivity contribution in [3.8, 4) is 0 Å². The van der Waals surface area contributed by atoms with Gasteiger partial charge in [-0.15, -0.1) is 0 Å². The number of imide groups is 1. The van der Waals surface area contributed by atoms with Crippen LogP contribution in [0.2, 0.25) is 0 Å². The van der Waals surface area contributed by atoms with Crippen molar-refractivity contribution >= 4 is 41.1 Å². The van der Waals surface area contributed by atoms with E-state index < -0.39 is 54.6 Å². The molecule has 5 amide bonds. The molecule has 2 aliphatic rings. The summed E-state index contributed by atoms with van der Waals surface area (Å²) in [5.74, 6) is -2.89. The molecule has 4 aromatic carbocycles. The van der Waals surface area contributed by atoms with E-state index in [-0.39, 0.29) is 30.2 Å². The van der Waals surface area contributed by atoms with Crippen LogP contribution in [0.25, 0.3) is 0 Å². The number of hydrogen-bond donors (Lipinski definition) is 2. The number of alkyl halides is 3. The van der Waals surface area contributed by atoms with Gasteiger partial charge in [0, 0.05) is 42.7 Å². The topological polar surface area (TPSA) is 125 Å². The molecule has 0 radical (unpaired) electrons. The van der Waals surface area contributed by atoms with Gasteiger partial charge in [-0.1, -0.05) is 106 Å². The van der Waals surface area contributed by atoms with Crippen LogP contribution in [0.5, 0.6) is 0 Å². The van der Waals surface area contributed by atoms with Crippen LogP contribution in [0, 0.1) is 5.82 Å². The van der Waals surface area contributed by atoms with Crippen molar-refractivity contribution < 1.29 is 46.3 Å². The Balaban J connectivity index is 0.901. The molecule has 4 aromatic rings. The molecule has 14 heteroatoms. The average molecular weight is 885 g/mol. The third kappa shape index (κ3) is 12.8. The predicted molar refractivity (Wildman–Crippen MR) is 235 cm³/mol. The minimum Gasteiger partial charge on any atom is -0.427 e. The normalized spacial score (nSPS) is 16.1. The highest BCUT2D eigenvalue weighted by molar-refractivity contribution is 6.06. The number of fused-ring (bicyclic) bond motifs is 2. The van der Waals surface area contributed by atoms with Crippen molar-refractivity contribution in [1.29, 1.82) is 0 Å². The van der Waals surface area contributed by atoms with Gasteiger partial charge in [0.05, 0.1) is 0 Å². The smallest absolute Gasteiger partial charge is 0.418 e. The van der Waals surface area contributed by atoms with Gasteiger partial charge in [-0.2, -0.15) is 13.2 Å². The van der Waals surface area contributed by atoms with E-state index in [0.29, 0.717) is 51.6 Å². The lowest BCUT2D eigenvalue weighted by molar-refractivity contribution is -0.187. The minimum absolute atomic E-state index is 0.0189. The van der Waals surface area contributed by atoms with Crippen molar-refractivity contribution in [3.05, 3.63) is 131 Å². The molecule has 1 fully saturated rings. The Labute approximate surface area is 371 Å². The number of anilines is 2. The maximum absolute atomic E-state index is 13.8. The number of hydrogen-bond acceptors (Lipinski definition) is 6. The highest BCUT2D eigenvalue weighted by Crippen LogP contribution is 2.46. The summed E-state index contributed by atoms with van der Waals surface area (Å²) in [6, 6.07) is 25.1. The predicted octanol–water partition coefficient (Wildman–Crippen LogP) is 10.6. The van der Waals surface area contributed by atoms with Crippen LogP contribution in [0.3, 0.4) is 0 Å². The van der Waals surface area contributed by atoms with Crippen LogP contribution in [0.15, 0.2) is 97.1 Å². The summed E-state index contributed by atoms with van der Waals surface area (Å²) in [5.41, 5.74) is 2.94. The lowest BCUT2D eigenvalue weighted by Gasteiger charge is -2.31. The van der Waals surface area contributed by atoms with Gasteiger partial charge in [-0.05, 0) is 97.7 Å². The van der Waals surface area contributed by atoms with Gasteiger partial charge in [-0.3, -0.25) is 19.2 Å². The summed E-state index contributed by atoms with van der Waals surface area (Å²) in [4.78, 5) is 66.6. The number of rotatable bonds is 22. The van der Waals surface area contributed by atoms with Gasteiger partial charge in [0.25, 0.3) is 5.91 Å². The second kappa shape index (κ2) is 22.0. The Bertz CT molecular complexity index is 2240. The van der Waals surface area contributed by atoms with Gasteiger partial charge in [0.15, 0.2) is 0 Å². The molecule has 0 aromatic heterocycles. The zero-order chi connectivity index (χ0) is 45.7. The highest BCUT2D eigenvalue weighted by Gasteiger charge is 2.58. The number of benzene rings is 4. The molecule has 1 aliphatic heterocycles. The molecule has 2 N–H and O–H groups in total. The molecular weight excluding hydrogens is 829 g/mol. The lowest BCUT2D eigenvalue weighted by Crippen LogP contribution is -2.51. The Morgan fingerprint density at radius 1 is 0.719 bits per heavy atom. The fourth-order valence-corrected chi connectivity index (χ4v) is 8.32. The van der Waals surface area contributed by atoms with Crippen molar-refractivity contribution in [3.63, 3.8) is 0 Å². The molecule has 1 saturated heterocycles. The molecule has 0 bridgehead atoms. The number of amides is 5. The standard InChI is InChI=1S/C50H56F4N4O6/c1-35(50(52,53)54)57(33-38-18-23-40(51)24-19-38)46(61)34-58-47(62)49(64-48(58)63)31-30-39-32-42(27-28-43(39)49)56-45(60)29-22-37-20-25-41(26-21-37)55-44(59)17-13-8-6-4-2-3-5-7-10-14-36-15-11-9-12-16-36/h9,11-12,15-16,18-21,23-28,32,35H,2-8,10,13-14,17,22,29-31,33-34H2,1H3,(H,55,59)(H,56,60)/t35-,49?/m0/s1. The third-order valence-electron chi connectivity index (χ3n) is 12.1. The molecular formula is C50H56F4N4O6. The number of aryl methyl sites for hydroxylation is 3. The Hall–Kier alpha value is -6.05. The second-order valence-corrected chi connectivity index (χ2v) is 16.8. The minimum atomic E-state index is -4.82. The van der Waals surface area contributed by atoms with Crippen LogP contribution in [0.1, 0.15) is 112 Å². The van der Waals surface area contributed by atoms with E-state index in [2.05, 4.69) is 41.0 Å². The van der Waals surface area contributed by atoms with Crippen molar-refractivity contribution in [2.24, 2.45) is 0 Å². The van der Waals surface area contributed by atoms with Crippen LogP contribution in [0.4, 0.5) is 33.7 Å². The van der Waals surface area contributed by atoms with Crippen molar-refractivity contribution in [2.45, 2.75) is 128 Å². The first-order valence-electron chi connectivity index (χ1n) is 22.2. The number of ether oxygens (including phenoxy) is 1. The number of carbonyl (C=O) groups is 5. The molecule has 1 heterocycles. The maximum Gasteiger partial charge on any atom is 0.418 e. The lowest BCUT2D eigenvalue weighted by atomic mass is 9.94. The molecule has 10 nitrogen and oxygen atoms in total. The second-order valence-electron chi connectivity index (χ2n) is 16.8.